The first-order chi connectivity index (χ1) is 15.4. The lowest BCUT2D eigenvalue weighted by Crippen LogP contribution is -2.37. The third kappa shape index (κ3) is 3.36. The molecule has 1 atom stereocenters. The molecule has 0 unspecified atom stereocenters. The molecule has 0 amide bonds. The molecule has 0 saturated carbocycles. The van der Waals surface area contributed by atoms with Crippen LogP contribution >= 0.6 is 0 Å². The van der Waals surface area contributed by atoms with Crippen LogP contribution in [0.4, 0.5) is 5.95 Å². The van der Waals surface area contributed by atoms with Gasteiger partial charge in [-0.05, 0) is 23.3 Å². The summed E-state index contributed by atoms with van der Waals surface area (Å²) in [5.41, 5.74) is 5.41. The van der Waals surface area contributed by atoms with Crippen LogP contribution in [-0.2, 0) is 16.1 Å². The summed E-state index contributed by atoms with van der Waals surface area (Å²) in [7, 11) is 0. The molecular formula is C24H23N5O2. The molecular weight excluding hydrogens is 390 g/mol. The van der Waals surface area contributed by atoms with E-state index in [1.54, 1.807) is 0 Å². The van der Waals surface area contributed by atoms with Crippen LogP contribution in [0.15, 0.2) is 60.9 Å². The van der Waals surface area contributed by atoms with E-state index in [0.29, 0.717) is 13.2 Å². The van der Waals surface area contributed by atoms with E-state index in [-0.39, 0.29) is 6.04 Å². The van der Waals surface area contributed by atoms with Crippen molar-refractivity contribution < 1.29 is 9.47 Å². The van der Waals surface area contributed by atoms with Crippen LogP contribution in [0.5, 0.6) is 0 Å². The number of imidazole rings is 1. The molecule has 1 fully saturated rings. The molecule has 31 heavy (non-hydrogen) atoms. The molecule has 0 spiro atoms. The minimum absolute atomic E-state index is 0.116. The minimum Gasteiger partial charge on any atom is -0.378 e. The minimum atomic E-state index is 0.116. The summed E-state index contributed by atoms with van der Waals surface area (Å²) >= 11 is 0. The van der Waals surface area contributed by atoms with Gasteiger partial charge in [-0.25, -0.2) is 15.0 Å². The van der Waals surface area contributed by atoms with E-state index in [1.807, 2.05) is 18.5 Å². The second-order valence-corrected chi connectivity index (χ2v) is 7.91. The Balaban J connectivity index is 1.38. The molecule has 2 aromatic carbocycles. The van der Waals surface area contributed by atoms with E-state index in [2.05, 4.69) is 61.9 Å². The molecule has 7 heteroatoms. The number of benzene rings is 2. The molecule has 156 valence electrons. The lowest BCUT2D eigenvalue weighted by atomic mass is 10.1. The average molecular weight is 413 g/mol. The predicted octanol–water partition coefficient (Wildman–Crippen LogP) is 3.45. The Morgan fingerprint density at radius 2 is 1.68 bits per heavy atom. The molecule has 2 aliphatic heterocycles. The van der Waals surface area contributed by atoms with Gasteiger partial charge in [0.1, 0.15) is 12.4 Å². The number of hydrogen-bond acceptors (Lipinski definition) is 6. The second-order valence-electron chi connectivity index (χ2n) is 7.91. The summed E-state index contributed by atoms with van der Waals surface area (Å²) in [4.78, 5) is 16.2. The fourth-order valence-corrected chi connectivity index (χ4v) is 4.43. The van der Waals surface area contributed by atoms with E-state index in [0.717, 1.165) is 60.2 Å². The van der Waals surface area contributed by atoms with Crippen LogP contribution in [0.25, 0.3) is 22.2 Å². The molecule has 0 radical (unpaired) electrons. The number of aromatic nitrogens is 4. The van der Waals surface area contributed by atoms with E-state index in [1.165, 1.54) is 5.56 Å². The molecule has 0 aliphatic carbocycles. The molecule has 0 bridgehead atoms. The van der Waals surface area contributed by atoms with Crippen molar-refractivity contribution in [3.05, 3.63) is 72.3 Å². The average Bonchev–Trinajstić information content (AvgIpc) is 3.23. The smallest absolute Gasteiger partial charge is 0.225 e. The van der Waals surface area contributed by atoms with Crippen molar-refractivity contribution in [2.45, 2.75) is 12.6 Å². The molecule has 6 rings (SSSR count). The highest BCUT2D eigenvalue weighted by molar-refractivity contribution is 5.83. The number of hydrogen-bond donors (Lipinski definition) is 0. The summed E-state index contributed by atoms with van der Waals surface area (Å²) in [5, 5.41) is 0. The van der Waals surface area contributed by atoms with Gasteiger partial charge in [-0.2, -0.15) is 0 Å². The zero-order valence-electron chi connectivity index (χ0n) is 17.1. The summed E-state index contributed by atoms with van der Waals surface area (Å²) in [6.07, 6.45) is 3.81. The van der Waals surface area contributed by atoms with E-state index in [9.17, 15) is 0 Å². The van der Waals surface area contributed by atoms with Crippen LogP contribution < -0.4 is 4.90 Å². The van der Waals surface area contributed by atoms with Gasteiger partial charge in [0.05, 0.1) is 36.9 Å². The first-order valence-electron chi connectivity index (χ1n) is 10.7. The third-order valence-corrected chi connectivity index (χ3v) is 6.03. The topological polar surface area (TPSA) is 65.3 Å². The lowest BCUT2D eigenvalue weighted by Gasteiger charge is -2.27. The summed E-state index contributed by atoms with van der Waals surface area (Å²) in [6.45, 7) is 4.28. The van der Waals surface area contributed by atoms with E-state index >= 15 is 0 Å². The van der Waals surface area contributed by atoms with E-state index < -0.39 is 0 Å². The highest BCUT2D eigenvalue weighted by atomic mass is 16.5. The Labute approximate surface area is 180 Å². The highest BCUT2D eigenvalue weighted by Crippen LogP contribution is 2.32. The van der Waals surface area contributed by atoms with Crippen molar-refractivity contribution in [2.24, 2.45) is 0 Å². The number of ether oxygens (including phenoxy) is 2. The Morgan fingerprint density at radius 3 is 2.48 bits per heavy atom. The Kier molecular flexibility index (Phi) is 4.62. The number of rotatable bonds is 3. The van der Waals surface area contributed by atoms with Gasteiger partial charge in [0.2, 0.25) is 5.95 Å². The quantitative estimate of drug-likeness (QED) is 0.513. The summed E-state index contributed by atoms with van der Waals surface area (Å²) < 4.78 is 13.6. The SMILES string of the molecule is c1ccc([C@@H]2COCc3nc4ccc(-c5cnc(N6CCOCC6)nc5)cc4n32)cc1. The largest absolute Gasteiger partial charge is 0.378 e. The maximum absolute atomic E-state index is 5.86. The second kappa shape index (κ2) is 7.76. The van der Waals surface area contributed by atoms with Gasteiger partial charge in [-0.1, -0.05) is 36.4 Å². The first kappa shape index (κ1) is 18.5. The Morgan fingerprint density at radius 1 is 0.871 bits per heavy atom. The van der Waals surface area contributed by atoms with Crippen LogP contribution in [0.2, 0.25) is 0 Å². The van der Waals surface area contributed by atoms with Crippen molar-refractivity contribution in [1.29, 1.82) is 0 Å². The number of nitrogens with zero attached hydrogens (tertiary/aromatic N) is 5. The van der Waals surface area contributed by atoms with Gasteiger partial charge in [0.25, 0.3) is 0 Å². The monoisotopic (exact) mass is 413 g/mol. The number of anilines is 1. The highest BCUT2D eigenvalue weighted by Gasteiger charge is 2.25. The maximum atomic E-state index is 5.86. The summed E-state index contributed by atoms with van der Waals surface area (Å²) in [6, 6.07) is 17.0. The number of fused-ring (bicyclic) bond motifs is 3. The van der Waals surface area contributed by atoms with Crippen molar-refractivity contribution in [2.75, 3.05) is 37.8 Å². The third-order valence-electron chi connectivity index (χ3n) is 6.03. The standard InChI is InChI=1S/C24H23N5O2/c1-2-4-17(5-3-1)22-15-31-16-23-27-20-7-6-18(12-21(20)29(22)23)19-13-25-24(26-14-19)28-8-10-30-11-9-28/h1-7,12-14,22H,8-11,15-16H2/t22-/m0/s1. The Bertz CT molecular complexity index is 1200. The van der Waals surface area contributed by atoms with Crippen molar-refractivity contribution >= 4 is 17.0 Å². The predicted molar refractivity (Wildman–Crippen MR) is 118 cm³/mol. The van der Waals surface area contributed by atoms with Gasteiger partial charge >= 0.3 is 0 Å². The zero-order chi connectivity index (χ0) is 20.6. The van der Waals surface area contributed by atoms with Gasteiger partial charge < -0.3 is 18.9 Å². The van der Waals surface area contributed by atoms with Crippen molar-refractivity contribution in [3.8, 4) is 11.1 Å². The Hall–Kier alpha value is -3.29. The van der Waals surface area contributed by atoms with Crippen LogP contribution in [0.1, 0.15) is 17.4 Å². The van der Waals surface area contributed by atoms with Gasteiger partial charge in [0.15, 0.2) is 0 Å². The van der Waals surface area contributed by atoms with Gasteiger partial charge in [-0.15, -0.1) is 0 Å². The zero-order valence-corrected chi connectivity index (χ0v) is 17.1. The molecule has 0 N–H and O–H groups in total. The fourth-order valence-electron chi connectivity index (χ4n) is 4.43. The molecule has 4 heterocycles. The van der Waals surface area contributed by atoms with Gasteiger partial charge in [-0.3, -0.25) is 0 Å². The fraction of sp³-hybridized carbons (Fsp3) is 0.292. The maximum Gasteiger partial charge on any atom is 0.225 e. The first-order valence-corrected chi connectivity index (χ1v) is 10.7. The van der Waals surface area contributed by atoms with Crippen LogP contribution in [0, 0.1) is 0 Å². The lowest BCUT2D eigenvalue weighted by molar-refractivity contribution is 0.0679. The molecule has 2 aliphatic rings. The molecule has 4 aromatic rings. The van der Waals surface area contributed by atoms with E-state index in [4.69, 9.17) is 14.5 Å². The molecule has 2 aromatic heterocycles. The summed E-state index contributed by atoms with van der Waals surface area (Å²) in [5.74, 6) is 1.72. The molecule has 1 saturated heterocycles. The molecule has 7 nitrogen and oxygen atoms in total. The normalized spacial score (nSPS) is 18.8. The number of morpholine rings is 1. The van der Waals surface area contributed by atoms with Crippen molar-refractivity contribution in [1.82, 2.24) is 19.5 Å². The van der Waals surface area contributed by atoms with Crippen LogP contribution in [0.3, 0.4) is 0 Å². The van der Waals surface area contributed by atoms with Crippen LogP contribution in [-0.4, -0.2) is 52.4 Å². The van der Waals surface area contributed by atoms with Crippen molar-refractivity contribution in [3.63, 3.8) is 0 Å². The van der Waals surface area contributed by atoms with Gasteiger partial charge in [0, 0.05) is 31.0 Å².